The Labute approximate surface area is 133 Å². The molecule has 0 spiro atoms. The average Bonchev–Trinajstić information content (AvgIpc) is 2.75. The quantitative estimate of drug-likeness (QED) is 0.797. The average molecular weight is 343 g/mol. The van der Waals surface area contributed by atoms with Gasteiger partial charge in [-0.1, -0.05) is 23.7 Å². The first-order valence-electron chi connectivity index (χ1n) is 6.36. The monoisotopic (exact) mass is 342 g/mol. The first kappa shape index (κ1) is 16.5. The van der Waals surface area contributed by atoms with Crippen LogP contribution in [0.15, 0.2) is 35.2 Å². The highest BCUT2D eigenvalue weighted by atomic mass is 35.5. The first-order valence-corrected chi connectivity index (χ1v) is 8.22. The lowest BCUT2D eigenvalue weighted by atomic mass is 10.4. The van der Waals surface area contributed by atoms with E-state index in [-0.39, 0.29) is 16.5 Å². The summed E-state index contributed by atoms with van der Waals surface area (Å²) in [5, 5.41) is 4.20. The van der Waals surface area contributed by atoms with Gasteiger partial charge < -0.3 is 0 Å². The lowest BCUT2D eigenvalue weighted by molar-refractivity contribution is -0.122. The van der Waals surface area contributed by atoms with Crippen molar-refractivity contribution < 1.29 is 13.2 Å². The molecule has 0 aliphatic rings. The molecule has 0 aliphatic carbocycles. The van der Waals surface area contributed by atoms with Crippen molar-refractivity contribution >= 4 is 27.5 Å². The van der Waals surface area contributed by atoms with Crippen LogP contribution < -0.4 is 10.3 Å². The van der Waals surface area contributed by atoms with Crippen molar-refractivity contribution in [1.29, 1.82) is 0 Å². The molecule has 7 nitrogen and oxygen atoms in total. The molecule has 0 unspecified atom stereocenters. The molecule has 0 aliphatic heterocycles. The Balaban J connectivity index is 2.02. The minimum atomic E-state index is -3.93. The van der Waals surface area contributed by atoms with Gasteiger partial charge >= 0.3 is 0 Å². The molecule has 9 heteroatoms. The van der Waals surface area contributed by atoms with Crippen LogP contribution in [0.25, 0.3) is 0 Å². The van der Waals surface area contributed by atoms with Gasteiger partial charge in [-0.2, -0.15) is 5.10 Å². The van der Waals surface area contributed by atoms with E-state index in [9.17, 15) is 13.2 Å². The number of amides is 1. The van der Waals surface area contributed by atoms with Crippen LogP contribution in [-0.4, -0.2) is 24.1 Å². The lowest BCUT2D eigenvalue weighted by Crippen LogP contribution is -2.43. The van der Waals surface area contributed by atoms with E-state index in [1.165, 1.54) is 22.9 Å². The Hall–Kier alpha value is -1.90. The van der Waals surface area contributed by atoms with Crippen LogP contribution in [0.4, 0.5) is 0 Å². The van der Waals surface area contributed by atoms with Crippen molar-refractivity contribution in [1.82, 2.24) is 20.0 Å². The van der Waals surface area contributed by atoms with E-state index in [2.05, 4.69) is 10.5 Å². The zero-order chi connectivity index (χ0) is 16.3. The number of sulfonamides is 1. The van der Waals surface area contributed by atoms with E-state index in [4.69, 9.17) is 11.6 Å². The molecule has 0 radical (unpaired) electrons. The number of benzene rings is 1. The summed E-state index contributed by atoms with van der Waals surface area (Å²) in [5.74, 6) is -0.540. The molecule has 0 saturated carbocycles. The van der Waals surface area contributed by atoms with Gasteiger partial charge in [-0.05, 0) is 32.0 Å². The van der Waals surface area contributed by atoms with Gasteiger partial charge in [0.05, 0.1) is 10.7 Å². The van der Waals surface area contributed by atoms with E-state index in [0.29, 0.717) is 0 Å². The largest absolute Gasteiger partial charge is 0.276 e. The number of nitrogens with one attached hydrogen (secondary N) is 2. The number of aryl methyl sites for hydroxylation is 2. The highest BCUT2D eigenvalue weighted by molar-refractivity contribution is 7.89. The second-order valence-electron chi connectivity index (χ2n) is 4.67. The SMILES string of the molecule is Cc1cc(C)n(CC(=O)NNS(=O)(=O)c2ccccc2Cl)n1. The maximum absolute atomic E-state index is 12.0. The van der Waals surface area contributed by atoms with Crippen LogP contribution in [0.2, 0.25) is 5.02 Å². The fourth-order valence-corrected chi connectivity index (χ4v) is 3.23. The van der Waals surface area contributed by atoms with Crippen molar-refractivity contribution in [2.75, 3.05) is 0 Å². The molecule has 2 rings (SSSR count). The zero-order valence-corrected chi connectivity index (χ0v) is 13.6. The maximum Gasteiger partial charge on any atom is 0.258 e. The third kappa shape index (κ3) is 3.85. The third-order valence-electron chi connectivity index (χ3n) is 2.85. The summed E-state index contributed by atoms with van der Waals surface area (Å²) < 4.78 is 25.6. The molecule has 1 aromatic heterocycles. The van der Waals surface area contributed by atoms with Gasteiger partial charge in [-0.25, -0.2) is 8.42 Å². The van der Waals surface area contributed by atoms with Crippen LogP contribution in [0.5, 0.6) is 0 Å². The topological polar surface area (TPSA) is 93.1 Å². The Bertz CT molecular complexity index is 801. The zero-order valence-electron chi connectivity index (χ0n) is 12.0. The highest BCUT2D eigenvalue weighted by Gasteiger charge is 2.18. The molecule has 0 saturated heterocycles. The van der Waals surface area contributed by atoms with Gasteiger partial charge in [0, 0.05) is 5.69 Å². The molecule has 1 aromatic carbocycles. The molecule has 2 N–H and O–H groups in total. The van der Waals surface area contributed by atoms with Gasteiger partial charge in [0.1, 0.15) is 11.4 Å². The summed E-state index contributed by atoms with van der Waals surface area (Å²) in [6.45, 7) is 3.52. The summed E-state index contributed by atoms with van der Waals surface area (Å²) in [6.07, 6.45) is 0. The van der Waals surface area contributed by atoms with Crippen molar-refractivity contribution in [2.24, 2.45) is 0 Å². The maximum atomic E-state index is 12.0. The number of halogens is 1. The molecule has 22 heavy (non-hydrogen) atoms. The van der Waals surface area contributed by atoms with Crippen molar-refractivity contribution in [2.45, 2.75) is 25.3 Å². The molecule has 0 atom stereocenters. The number of nitrogens with zero attached hydrogens (tertiary/aromatic N) is 2. The molecular weight excluding hydrogens is 328 g/mol. The summed E-state index contributed by atoms with van der Waals surface area (Å²) in [6, 6.07) is 7.77. The molecule has 118 valence electrons. The van der Waals surface area contributed by atoms with Crippen molar-refractivity contribution in [3.8, 4) is 0 Å². The number of hydrogen-bond donors (Lipinski definition) is 2. The summed E-state index contributed by atoms with van der Waals surface area (Å²) in [7, 11) is -3.93. The van der Waals surface area contributed by atoms with E-state index in [0.717, 1.165) is 11.4 Å². The minimum Gasteiger partial charge on any atom is -0.276 e. The summed E-state index contributed by atoms with van der Waals surface area (Å²) in [4.78, 5) is 13.7. The fourth-order valence-electron chi connectivity index (χ4n) is 1.85. The van der Waals surface area contributed by atoms with Gasteiger partial charge in [0.25, 0.3) is 15.9 Å². The van der Waals surface area contributed by atoms with Gasteiger partial charge in [0.15, 0.2) is 0 Å². The number of hydrogen-bond acceptors (Lipinski definition) is 4. The Morgan fingerprint density at radius 2 is 2.00 bits per heavy atom. The molecule has 0 fully saturated rings. The number of carbonyl (C=O) groups excluding carboxylic acids is 1. The van der Waals surface area contributed by atoms with Crippen LogP contribution in [0.3, 0.4) is 0 Å². The predicted molar refractivity (Wildman–Crippen MR) is 81.6 cm³/mol. The fraction of sp³-hybridized carbons (Fsp3) is 0.231. The van der Waals surface area contributed by atoms with E-state index >= 15 is 0 Å². The minimum absolute atomic E-state index is 0.0720. The number of hydrazine groups is 1. The summed E-state index contributed by atoms with van der Waals surface area (Å²) in [5.41, 5.74) is 3.72. The van der Waals surface area contributed by atoms with Gasteiger partial charge in [-0.15, -0.1) is 4.83 Å². The first-order chi connectivity index (χ1) is 10.3. The molecule has 2 aromatic rings. The van der Waals surface area contributed by atoms with Crippen molar-refractivity contribution in [3.63, 3.8) is 0 Å². The smallest absolute Gasteiger partial charge is 0.258 e. The van der Waals surface area contributed by atoms with E-state index in [1.807, 2.05) is 17.8 Å². The molecule has 0 bridgehead atoms. The summed E-state index contributed by atoms with van der Waals surface area (Å²) >= 11 is 5.83. The van der Waals surface area contributed by atoms with E-state index < -0.39 is 15.9 Å². The van der Waals surface area contributed by atoms with Gasteiger partial charge in [0.2, 0.25) is 0 Å². The second kappa shape index (κ2) is 6.47. The second-order valence-corrected chi connectivity index (χ2v) is 6.73. The van der Waals surface area contributed by atoms with Crippen LogP contribution in [0.1, 0.15) is 11.4 Å². The van der Waals surface area contributed by atoms with Crippen LogP contribution in [-0.2, 0) is 21.4 Å². The van der Waals surface area contributed by atoms with Gasteiger partial charge in [-0.3, -0.25) is 14.9 Å². The lowest BCUT2D eigenvalue weighted by Gasteiger charge is -2.10. The van der Waals surface area contributed by atoms with E-state index in [1.54, 1.807) is 13.0 Å². The van der Waals surface area contributed by atoms with Crippen LogP contribution >= 0.6 is 11.6 Å². The standard InChI is InChI=1S/C13H15ClN4O3S/c1-9-7-10(2)18(16-9)8-13(19)15-17-22(20,21)12-6-4-3-5-11(12)14/h3-7,17H,8H2,1-2H3,(H,15,19). The Morgan fingerprint density at radius 1 is 1.32 bits per heavy atom. The Kier molecular flexibility index (Phi) is 4.84. The Morgan fingerprint density at radius 3 is 2.59 bits per heavy atom. The number of rotatable bonds is 5. The number of carbonyl (C=O) groups is 1. The highest BCUT2D eigenvalue weighted by Crippen LogP contribution is 2.19. The van der Waals surface area contributed by atoms with Crippen molar-refractivity contribution in [3.05, 3.63) is 46.7 Å². The molecule has 1 amide bonds. The third-order valence-corrected chi connectivity index (χ3v) is 4.60. The molecule has 1 heterocycles. The molecular formula is C13H15ClN4O3S. The normalized spacial score (nSPS) is 11.4. The van der Waals surface area contributed by atoms with Crippen LogP contribution in [0, 0.1) is 13.8 Å². The number of aromatic nitrogens is 2. The predicted octanol–water partition coefficient (Wildman–Crippen LogP) is 1.16.